The Bertz CT molecular complexity index is 374. The molecule has 0 heterocycles. The maximum atomic E-state index is 10.9. The van der Waals surface area contributed by atoms with Crippen LogP contribution in [0.25, 0.3) is 0 Å². The zero-order valence-electron chi connectivity index (χ0n) is 6.53. The fourth-order valence-electron chi connectivity index (χ4n) is 0.884. The van der Waals surface area contributed by atoms with Gasteiger partial charge in [-0.05, 0) is 23.7 Å². The molecule has 0 aliphatic carbocycles. The lowest BCUT2D eigenvalue weighted by atomic mass is 10.1. The second kappa shape index (κ2) is 4.91. The first-order chi connectivity index (χ1) is 6.43. The predicted molar refractivity (Wildman–Crippen MR) is 61.1 cm³/mol. The number of rotatable bonds is 2. The minimum Gasteiger partial charge on any atom is -0.276 e. The first-order valence-electron chi connectivity index (χ1n) is 3.40. The average Bonchev–Trinajstić information content (AvgIpc) is 2.02. The standard InChI is InChI=1S/C8H3Cl5O/c9-5-2-6(10)4(8(13)14)1-3(5)7(11)12/h1-2,7H. The summed E-state index contributed by atoms with van der Waals surface area (Å²) in [6, 6.07) is 2.76. The second-order valence-corrected chi connectivity index (χ2v) is 4.68. The van der Waals surface area contributed by atoms with Crippen LogP contribution in [-0.2, 0) is 0 Å². The molecule has 0 saturated heterocycles. The molecule has 0 bridgehead atoms. The molecular weight excluding hydrogens is 289 g/mol. The Labute approximate surface area is 106 Å². The number of halogens is 5. The summed E-state index contributed by atoms with van der Waals surface area (Å²) >= 11 is 28.0. The van der Waals surface area contributed by atoms with Crippen molar-refractivity contribution in [2.24, 2.45) is 0 Å². The van der Waals surface area contributed by atoms with E-state index >= 15 is 0 Å². The van der Waals surface area contributed by atoms with E-state index in [4.69, 9.17) is 58.0 Å². The van der Waals surface area contributed by atoms with Gasteiger partial charge in [-0.15, -0.1) is 23.2 Å². The molecule has 0 radical (unpaired) electrons. The van der Waals surface area contributed by atoms with Crippen molar-refractivity contribution in [1.82, 2.24) is 0 Å². The van der Waals surface area contributed by atoms with Crippen molar-refractivity contribution in [3.8, 4) is 0 Å². The van der Waals surface area contributed by atoms with Gasteiger partial charge in [0.15, 0.2) is 0 Å². The molecule has 1 rings (SSSR count). The molecule has 14 heavy (non-hydrogen) atoms. The third-order valence-electron chi connectivity index (χ3n) is 1.53. The Hall–Kier alpha value is 0.340. The van der Waals surface area contributed by atoms with Crippen LogP contribution in [0.4, 0.5) is 0 Å². The van der Waals surface area contributed by atoms with Gasteiger partial charge >= 0.3 is 0 Å². The normalized spacial score (nSPS) is 10.7. The van der Waals surface area contributed by atoms with Crippen molar-refractivity contribution in [2.45, 2.75) is 4.84 Å². The molecular formula is C8H3Cl5O. The largest absolute Gasteiger partial charge is 0.276 e. The third-order valence-corrected chi connectivity index (χ3v) is 2.85. The number of carbonyl (C=O) groups excluding carboxylic acids is 1. The fraction of sp³-hybridized carbons (Fsp3) is 0.125. The minimum atomic E-state index is -0.825. The van der Waals surface area contributed by atoms with Gasteiger partial charge in [0.25, 0.3) is 5.24 Å². The van der Waals surface area contributed by atoms with Crippen molar-refractivity contribution < 1.29 is 4.79 Å². The number of hydrogen-bond acceptors (Lipinski definition) is 1. The number of carbonyl (C=O) groups is 1. The van der Waals surface area contributed by atoms with Crippen LogP contribution in [0.1, 0.15) is 20.8 Å². The highest BCUT2D eigenvalue weighted by Crippen LogP contribution is 2.35. The molecule has 1 aromatic carbocycles. The van der Waals surface area contributed by atoms with Crippen LogP contribution in [0.15, 0.2) is 12.1 Å². The molecule has 6 heteroatoms. The van der Waals surface area contributed by atoms with Crippen LogP contribution < -0.4 is 0 Å². The van der Waals surface area contributed by atoms with Crippen molar-refractivity contribution in [3.05, 3.63) is 33.3 Å². The predicted octanol–water partition coefficient (Wildman–Crippen LogP) is 4.85. The van der Waals surface area contributed by atoms with Crippen molar-refractivity contribution in [1.29, 1.82) is 0 Å². The lowest BCUT2D eigenvalue weighted by Crippen LogP contribution is -1.94. The maximum absolute atomic E-state index is 10.9. The minimum absolute atomic E-state index is 0.138. The monoisotopic (exact) mass is 290 g/mol. The second-order valence-electron chi connectivity index (χ2n) is 2.43. The van der Waals surface area contributed by atoms with Gasteiger partial charge in [0.2, 0.25) is 0 Å². The molecule has 0 N–H and O–H groups in total. The summed E-state index contributed by atoms with van der Waals surface area (Å²) < 4.78 is 0. The quantitative estimate of drug-likeness (QED) is 0.562. The van der Waals surface area contributed by atoms with E-state index < -0.39 is 10.1 Å². The Balaban J connectivity index is 3.34. The summed E-state index contributed by atoms with van der Waals surface area (Å²) in [7, 11) is 0. The highest BCUT2D eigenvalue weighted by Gasteiger charge is 2.15. The molecule has 1 nitrogen and oxygen atoms in total. The van der Waals surface area contributed by atoms with E-state index in [1.807, 2.05) is 0 Å². The smallest absolute Gasteiger partial charge is 0.253 e. The molecule has 1 aromatic rings. The average molecular weight is 292 g/mol. The summed E-state index contributed by atoms with van der Waals surface area (Å²) in [5.41, 5.74) is 0.544. The molecule has 0 fully saturated rings. The molecule has 0 aliphatic rings. The Morgan fingerprint density at radius 2 is 1.71 bits per heavy atom. The highest BCUT2D eigenvalue weighted by molar-refractivity contribution is 6.68. The van der Waals surface area contributed by atoms with Crippen molar-refractivity contribution in [3.63, 3.8) is 0 Å². The van der Waals surface area contributed by atoms with E-state index in [-0.39, 0.29) is 10.6 Å². The zero-order valence-corrected chi connectivity index (χ0v) is 10.3. The van der Waals surface area contributed by atoms with Gasteiger partial charge in [-0.2, -0.15) is 0 Å². The molecule has 76 valence electrons. The van der Waals surface area contributed by atoms with E-state index in [1.54, 1.807) is 0 Å². The number of benzene rings is 1. The highest BCUT2D eigenvalue weighted by atomic mass is 35.5. The molecule has 0 aliphatic heterocycles. The summed E-state index contributed by atoms with van der Waals surface area (Å²) in [5.74, 6) is 0. The first kappa shape index (κ1) is 12.4. The molecule has 0 unspecified atom stereocenters. The lowest BCUT2D eigenvalue weighted by Gasteiger charge is -2.07. The van der Waals surface area contributed by atoms with Crippen LogP contribution in [0.5, 0.6) is 0 Å². The van der Waals surface area contributed by atoms with E-state index in [0.717, 1.165) is 0 Å². The number of hydrogen-bond donors (Lipinski definition) is 0. The summed E-state index contributed by atoms with van der Waals surface area (Å²) in [4.78, 5) is 10.1. The van der Waals surface area contributed by atoms with Gasteiger partial charge in [0.05, 0.1) is 10.6 Å². The maximum Gasteiger partial charge on any atom is 0.253 e. The van der Waals surface area contributed by atoms with Crippen molar-refractivity contribution >= 4 is 63.2 Å². The summed E-state index contributed by atoms with van der Waals surface area (Å²) in [5, 5.41) is -0.207. The van der Waals surface area contributed by atoms with Gasteiger partial charge in [-0.25, -0.2) is 0 Å². The van der Waals surface area contributed by atoms with Gasteiger partial charge in [-0.1, -0.05) is 23.2 Å². The number of alkyl halides is 2. The van der Waals surface area contributed by atoms with E-state index in [0.29, 0.717) is 10.6 Å². The molecule has 0 amide bonds. The Morgan fingerprint density at radius 1 is 1.14 bits per heavy atom. The molecule has 0 atom stereocenters. The van der Waals surface area contributed by atoms with Crippen LogP contribution >= 0.6 is 58.0 Å². The molecule has 0 spiro atoms. The van der Waals surface area contributed by atoms with E-state index in [1.165, 1.54) is 12.1 Å². The third kappa shape index (κ3) is 2.68. The van der Waals surface area contributed by atoms with E-state index in [9.17, 15) is 4.79 Å². The Kier molecular flexibility index (Phi) is 4.35. The van der Waals surface area contributed by atoms with Crippen molar-refractivity contribution in [2.75, 3.05) is 0 Å². The Morgan fingerprint density at radius 3 is 2.14 bits per heavy atom. The van der Waals surface area contributed by atoms with Gasteiger partial charge in [0.1, 0.15) is 4.84 Å². The topological polar surface area (TPSA) is 17.1 Å². The van der Waals surface area contributed by atoms with Crippen LogP contribution in [0, 0.1) is 0 Å². The SMILES string of the molecule is O=C(Cl)c1cc(C(Cl)Cl)c(Cl)cc1Cl. The van der Waals surface area contributed by atoms with Crippen LogP contribution in [0.2, 0.25) is 10.0 Å². The summed E-state index contributed by atoms with van der Waals surface area (Å²) in [6.07, 6.45) is 0. The van der Waals surface area contributed by atoms with Gasteiger partial charge in [-0.3, -0.25) is 4.79 Å². The molecule has 0 saturated carbocycles. The van der Waals surface area contributed by atoms with Crippen LogP contribution in [0.3, 0.4) is 0 Å². The van der Waals surface area contributed by atoms with Gasteiger partial charge in [0, 0.05) is 10.6 Å². The van der Waals surface area contributed by atoms with E-state index in [2.05, 4.69) is 0 Å². The van der Waals surface area contributed by atoms with Crippen LogP contribution in [-0.4, -0.2) is 5.24 Å². The summed E-state index contributed by atoms with van der Waals surface area (Å²) in [6.45, 7) is 0. The lowest BCUT2D eigenvalue weighted by molar-refractivity contribution is 0.108. The molecule has 0 aromatic heterocycles. The van der Waals surface area contributed by atoms with Gasteiger partial charge < -0.3 is 0 Å². The fourth-order valence-corrected chi connectivity index (χ4v) is 2.14. The first-order valence-corrected chi connectivity index (χ1v) is 5.41. The zero-order chi connectivity index (χ0) is 10.9.